The van der Waals surface area contributed by atoms with E-state index in [1.807, 2.05) is 20.8 Å². The average Bonchev–Trinajstić information content (AvgIpc) is 2.34. The van der Waals surface area contributed by atoms with E-state index in [4.69, 9.17) is 9.47 Å². The molecule has 0 aliphatic carbocycles. The molecule has 1 aliphatic rings. The number of hydrogen-bond donors (Lipinski definition) is 0. The second kappa shape index (κ2) is 5.76. The molecule has 5 nitrogen and oxygen atoms in total. The number of methoxy groups -OCH3 is 1. The third-order valence-electron chi connectivity index (χ3n) is 3.26. The maximum absolute atomic E-state index is 12.3. The van der Waals surface area contributed by atoms with E-state index in [2.05, 4.69) is 0 Å². The number of rotatable bonds is 3. The molecule has 0 aromatic heterocycles. The van der Waals surface area contributed by atoms with Crippen molar-refractivity contribution in [3.63, 3.8) is 0 Å². The van der Waals surface area contributed by atoms with Crippen LogP contribution in [0.2, 0.25) is 0 Å². The molecule has 0 spiro atoms. The molecular formula is C16H21NO4. The van der Waals surface area contributed by atoms with Crippen molar-refractivity contribution in [2.75, 3.05) is 20.2 Å². The zero-order chi connectivity index (χ0) is 15.6. The summed E-state index contributed by atoms with van der Waals surface area (Å²) in [4.78, 5) is 25.7. The normalized spacial score (nSPS) is 15.3. The molecule has 0 unspecified atom stereocenters. The van der Waals surface area contributed by atoms with Crippen LogP contribution in [-0.2, 0) is 4.74 Å². The quantitative estimate of drug-likeness (QED) is 0.804. The maximum atomic E-state index is 12.3. The predicted octanol–water partition coefficient (Wildman–Crippen LogP) is 2.74. The van der Waals surface area contributed by atoms with Crippen LogP contribution >= 0.6 is 0 Å². The number of Topliss-reactive ketones (excluding diaryl/α,β-unsaturated/α-hetero) is 1. The summed E-state index contributed by atoms with van der Waals surface area (Å²) in [6, 6.07) is 7.07. The Balaban J connectivity index is 1.92. The van der Waals surface area contributed by atoms with Crippen molar-refractivity contribution in [3.05, 3.63) is 29.8 Å². The van der Waals surface area contributed by atoms with Crippen LogP contribution in [0, 0.1) is 5.92 Å². The van der Waals surface area contributed by atoms with Gasteiger partial charge >= 0.3 is 6.09 Å². The molecule has 1 saturated heterocycles. The Bertz CT molecular complexity index is 541. The average molecular weight is 291 g/mol. The van der Waals surface area contributed by atoms with Crippen LogP contribution < -0.4 is 4.74 Å². The van der Waals surface area contributed by atoms with E-state index >= 15 is 0 Å². The summed E-state index contributed by atoms with van der Waals surface area (Å²) in [6.45, 7) is 6.28. The molecule has 5 heteroatoms. The number of hydrogen-bond acceptors (Lipinski definition) is 4. The Labute approximate surface area is 124 Å². The van der Waals surface area contributed by atoms with Gasteiger partial charge in [0.2, 0.25) is 0 Å². The van der Waals surface area contributed by atoms with Gasteiger partial charge in [0, 0.05) is 18.7 Å². The summed E-state index contributed by atoms with van der Waals surface area (Å²) in [5.74, 6) is 0.530. The molecule has 21 heavy (non-hydrogen) atoms. The Morgan fingerprint density at radius 2 is 1.90 bits per heavy atom. The molecule has 0 bridgehead atoms. The number of benzene rings is 1. The second-order valence-corrected chi connectivity index (χ2v) is 6.18. The predicted molar refractivity (Wildman–Crippen MR) is 78.6 cm³/mol. The fraction of sp³-hybridized carbons (Fsp3) is 0.500. The SMILES string of the molecule is COc1cccc(C(=O)C2CN(C(=O)OC(C)(C)C)C2)c1. The van der Waals surface area contributed by atoms with Crippen molar-refractivity contribution < 1.29 is 19.1 Å². The lowest BCUT2D eigenvalue weighted by Gasteiger charge is -2.38. The first-order chi connectivity index (χ1) is 9.80. The molecule has 1 fully saturated rings. The van der Waals surface area contributed by atoms with Gasteiger partial charge in [0.25, 0.3) is 0 Å². The highest BCUT2D eigenvalue weighted by Gasteiger charge is 2.38. The molecule has 1 aromatic rings. The Morgan fingerprint density at radius 3 is 2.48 bits per heavy atom. The van der Waals surface area contributed by atoms with Crippen LogP contribution in [0.4, 0.5) is 4.79 Å². The van der Waals surface area contributed by atoms with E-state index in [9.17, 15) is 9.59 Å². The molecule has 1 aliphatic heterocycles. The van der Waals surface area contributed by atoms with Crippen molar-refractivity contribution in [2.24, 2.45) is 5.92 Å². The van der Waals surface area contributed by atoms with E-state index in [0.29, 0.717) is 24.4 Å². The molecule has 2 rings (SSSR count). The lowest BCUT2D eigenvalue weighted by molar-refractivity contribution is 0.00148. The van der Waals surface area contributed by atoms with E-state index in [1.165, 1.54) is 0 Å². The summed E-state index contributed by atoms with van der Waals surface area (Å²) in [5.41, 5.74) is 0.0992. The topological polar surface area (TPSA) is 55.8 Å². The zero-order valence-corrected chi connectivity index (χ0v) is 12.9. The van der Waals surface area contributed by atoms with Crippen molar-refractivity contribution in [3.8, 4) is 5.75 Å². The van der Waals surface area contributed by atoms with Gasteiger partial charge in [-0.2, -0.15) is 0 Å². The van der Waals surface area contributed by atoms with Crippen molar-refractivity contribution >= 4 is 11.9 Å². The third-order valence-corrected chi connectivity index (χ3v) is 3.26. The number of nitrogens with zero attached hydrogens (tertiary/aromatic N) is 1. The molecule has 0 N–H and O–H groups in total. The smallest absolute Gasteiger partial charge is 0.410 e. The highest BCUT2D eigenvalue weighted by atomic mass is 16.6. The molecule has 1 heterocycles. The lowest BCUT2D eigenvalue weighted by atomic mass is 9.91. The maximum Gasteiger partial charge on any atom is 0.410 e. The van der Waals surface area contributed by atoms with E-state index in [0.717, 1.165) is 0 Å². The minimum Gasteiger partial charge on any atom is -0.497 e. The van der Waals surface area contributed by atoms with Crippen molar-refractivity contribution in [1.29, 1.82) is 0 Å². The van der Waals surface area contributed by atoms with Gasteiger partial charge in [-0.05, 0) is 32.9 Å². The van der Waals surface area contributed by atoms with Crippen LogP contribution in [-0.4, -0.2) is 42.6 Å². The van der Waals surface area contributed by atoms with Gasteiger partial charge in [-0.15, -0.1) is 0 Å². The first kappa shape index (κ1) is 15.4. The number of carbonyl (C=O) groups is 2. The van der Waals surface area contributed by atoms with Crippen LogP contribution in [0.15, 0.2) is 24.3 Å². The van der Waals surface area contributed by atoms with Crippen LogP contribution in [0.1, 0.15) is 31.1 Å². The molecule has 0 atom stereocenters. The third kappa shape index (κ3) is 3.74. The highest BCUT2D eigenvalue weighted by Crippen LogP contribution is 2.24. The Kier molecular flexibility index (Phi) is 4.21. The number of likely N-dealkylation sites (tertiary alicyclic amines) is 1. The van der Waals surface area contributed by atoms with Gasteiger partial charge in [0.05, 0.1) is 13.0 Å². The number of carbonyl (C=O) groups excluding carboxylic acids is 2. The first-order valence-corrected chi connectivity index (χ1v) is 6.96. The molecular weight excluding hydrogens is 270 g/mol. The number of ketones is 1. The molecule has 0 saturated carbocycles. The molecule has 0 radical (unpaired) electrons. The Morgan fingerprint density at radius 1 is 1.24 bits per heavy atom. The number of amides is 1. The number of ether oxygens (including phenoxy) is 2. The molecule has 114 valence electrons. The van der Waals surface area contributed by atoms with Gasteiger partial charge in [-0.3, -0.25) is 4.79 Å². The van der Waals surface area contributed by atoms with E-state index in [-0.39, 0.29) is 17.8 Å². The standard InChI is InChI=1S/C16H21NO4/c1-16(2,3)21-15(19)17-9-12(10-17)14(18)11-6-5-7-13(8-11)20-4/h5-8,12H,9-10H2,1-4H3. The Hall–Kier alpha value is -2.04. The van der Waals surface area contributed by atoms with Crippen LogP contribution in [0.5, 0.6) is 5.75 Å². The zero-order valence-electron chi connectivity index (χ0n) is 12.9. The first-order valence-electron chi connectivity index (χ1n) is 6.96. The fourth-order valence-corrected chi connectivity index (χ4v) is 2.13. The molecule has 1 aromatic carbocycles. The second-order valence-electron chi connectivity index (χ2n) is 6.18. The summed E-state index contributed by atoms with van der Waals surface area (Å²) in [6.07, 6.45) is -0.364. The van der Waals surface area contributed by atoms with Gasteiger partial charge in [-0.25, -0.2) is 4.79 Å². The van der Waals surface area contributed by atoms with Crippen LogP contribution in [0.25, 0.3) is 0 Å². The van der Waals surface area contributed by atoms with Gasteiger partial charge < -0.3 is 14.4 Å². The molecule has 1 amide bonds. The monoisotopic (exact) mass is 291 g/mol. The van der Waals surface area contributed by atoms with E-state index < -0.39 is 5.60 Å². The fourth-order valence-electron chi connectivity index (χ4n) is 2.13. The highest BCUT2D eigenvalue weighted by molar-refractivity contribution is 5.99. The minimum atomic E-state index is -0.515. The van der Waals surface area contributed by atoms with Crippen molar-refractivity contribution in [1.82, 2.24) is 4.90 Å². The van der Waals surface area contributed by atoms with Crippen molar-refractivity contribution in [2.45, 2.75) is 26.4 Å². The summed E-state index contributed by atoms with van der Waals surface area (Å²) >= 11 is 0. The summed E-state index contributed by atoms with van der Waals surface area (Å²) < 4.78 is 10.4. The summed E-state index contributed by atoms with van der Waals surface area (Å²) in [5, 5.41) is 0. The van der Waals surface area contributed by atoms with Crippen LogP contribution in [0.3, 0.4) is 0 Å². The van der Waals surface area contributed by atoms with Gasteiger partial charge in [0.15, 0.2) is 5.78 Å². The van der Waals surface area contributed by atoms with Gasteiger partial charge in [0.1, 0.15) is 11.4 Å². The summed E-state index contributed by atoms with van der Waals surface area (Å²) in [7, 11) is 1.57. The van der Waals surface area contributed by atoms with E-state index in [1.54, 1.807) is 36.3 Å². The minimum absolute atomic E-state index is 0.0358. The largest absolute Gasteiger partial charge is 0.497 e. The lowest BCUT2D eigenvalue weighted by Crippen LogP contribution is -2.54. The van der Waals surface area contributed by atoms with Gasteiger partial charge in [-0.1, -0.05) is 12.1 Å².